The van der Waals surface area contributed by atoms with Crippen LogP contribution in [0.15, 0.2) is 6.07 Å². The maximum atomic E-state index is 12.6. The van der Waals surface area contributed by atoms with Gasteiger partial charge in [-0.05, 0) is 38.8 Å². The number of likely N-dealkylation sites (N-methyl/N-ethyl adjacent to an activating group) is 1. The van der Waals surface area contributed by atoms with Crippen LogP contribution >= 0.6 is 12.4 Å². The number of halogens is 1. The Balaban J connectivity index is 0.00000243. The molecular formula is C18H30ClN5O2. The molecule has 2 amide bonds. The van der Waals surface area contributed by atoms with Crippen molar-refractivity contribution in [2.45, 2.75) is 33.2 Å². The molecule has 1 atom stereocenters. The Morgan fingerprint density at radius 2 is 1.85 bits per heavy atom. The van der Waals surface area contributed by atoms with E-state index in [0.717, 1.165) is 51.4 Å². The first-order valence-electron chi connectivity index (χ1n) is 9.24. The molecule has 8 heteroatoms. The predicted octanol–water partition coefficient (Wildman–Crippen LogP) is 1.26. The second kappa shape index (κ2) is 8.86. The van der Waals surface area contributed by atoms with Crippen LogP contribution in [-0.2, 0) is 11.3 Å². The fraction of sp³-hybridized carbons (Fsp3) is 0.722. The Bertz CT molecular complexity index is 640. The largest absolute Gasteiger partial charge is 0.341 e. The Kier molecular flexibility index (Phi) is 7.06. The molecule has 2 aliphatic rings. The highest BCUT2D eigenvalue weighted by molar-refractivity contribution is 5.92. The summed E-state index contributed by atoms with van der Waals surface area (Å²) in [5, 5.41) is 4.42. The van der Waals surface area contributed by atoms with Crippen molar-refractivity contribution < 1.29 is 9.59 Å². The molecule has 0 bridgehead atoms. The van der Waals surface area contributed by atoms with Crippen LogP contribution in [0.3, 0.4) is 0 Å². The van der Waals surface area contributed by atoms with E-state index in [1.165, 1.54) is 6.42 Å². The zero-order chi connectivity index (χ0) is 18.0. The number of carbonyl (C=O) groups excluding carboxylic acids is 2. The molecule has 0 aliphatic carbocycles. The lowest BCUT2D eigenvalue weighted by Gasteiger charge is -2.32. The fourth-order valence-corrected chi connectivity index (χ4v) is 3.59. The zero-order valence-electron chi connectivity index (χ0n) is 16.0. The smallest absolute Gasteiger partial charge is 0.274 e. The van der Waals surface area contributed by atoms with E-state index >= 15 is 0 Å². The van der Waals surface area contributed by atoms with Gasteiger partial charge in [0.2, 0.25) is 5.91 Å². The Morgan fingerprint density at radius 3 is 2.50 bits per heavy atom. The van der Waals surface area contributed by atoms with Crippen molar-refractivity contribution in [3.8, 4) is 0 Å². The lowest BCUT2D eigenvalue weighted by atomic mass is 10.0. The minimum absolute atomic E-state index is 0. The normalized spacial score (nSPS) is 21.4. The van der Waals surface area contributed by atoms with Crippen LogP contribution in [0, 0.1) is 12.8 Å². The van der Waals surface area contributed by atoms with E-state index in [2.05, 4.69) is 24.0 Å². The number of nitrogens with zero attached hydrogens (tertiary/aromatic N) is 5. The number of likely N-dealkylation sites (tertiary alicyclic amines) is 1. The van der Waals surface area contributed by atoms with Gasteiger partial charge >= 0.3 is 0 Å². The summed E-state index contributed by atoms with van der Waals surface area (Å²) < 4.78 is 1.67. The molecule has 1 aromatic heterocycles. The Morgan fingerprint density at radius 1 is 1.15 bits per heavy atom. The maximum absolute atomic E-state index is 12.6. The highest BCUT2D eigenvalue weighted by Gasteiger charge is 2.25. The van der Waals surface area contributed by atoms with Gasteiger partial charge in [-0.25, -0.2) is 0 Å². The number of rotatable bonds is 3. The van der Waals surface area contributed by atoms with Gasteiger partial charge in [-0.1, -0.05) is 6.92 Å². The second-order valence-corrected chi connectivity index (χ2v) is 7.51. The number of piperidine rings is 1. The van der Waals surface area contributed by atoms with Gasteiger partial charge in [0, 0.05) is 45.0 Å². The molecule has 0 radical (unpaired) electrons. The molecule has 0 saturated carbocycles. The highest BCUT2D eigenvalue weighted by atomic mass is 35.5. The van der Waals surface area contributed by atoms with Crippen LogP contribution in [0.25, 0.3) is 0 Å². The lowest BCUT2D eigenvalue weighted by molar-refractivity contribution is -0.133. The number of carbonyl (C=O) groups is 2. The van der Waals surface area contributed by atoms with Gasteiger partial charge in [0.1, 0.15) is 6.54 Å². The van der Waals surface area contributed by atoms with Crippen molar-refractivity contribution >= 4 is 24.2 Å². The van der Waals surface area contributed by atoms with E-state index in [9.17, 15) is 9.59 Å². The minimum Gasteiger partial charge on any atom is -0.341 e. The topological polar surface area (TPSA) is 61.7 Å². The Hall–Kier alpha value is -1.60. The van der Waals surface area contributed by atoms with Gasteiger partial charge in [0.05, 0.1) is 0 Å². The molecule has 2 fully saturated rings. The quantitative estimate of drug-likeness (QED) is 0.788. The van der Waals surface area contributed by atoms with Crippen molar-refractivity contribution in [3.63, 3.8) is 0 Å². The molecule has 7 nitrogen and oxygen atoms in total. The molecule has 26 heavy (non-hydrogen) atoms. The maximum Gasteiger partial charge on any atom is 0.274 e. The molecule has 2 saturated heterocycles. The van der Waals surface area contributed by atoms with Crippen molar-refractivity contribution in [1.82, 2.24) is 24.5 Å². The molecule has 2 aliphatic heterocycles. The summed E-state index contributed by atoms with van der Waals surface area (Å²) in [5.74, 6) is 0.621. The molecule has 0 N–H and O–H groups in total. The van der Waals surface area contributed by atoms with Crippen LogP contribution in [0.1, 0.15) is 35.9 Å². The summed E-state index contributed by atoms with van der Waals surface area (Å²) in [6, 6.07) is 1.80. The van der Waals surface area contributed by atoms with Gasteiger partial charge in [0.15, 0.2) is 5.69 Å². The summed E-state index contributed by atoms with van der Waals surface area (Å²) >= 11 is 0. The van der Waals surface area contributed by atoms with Gasteiger partial charge in [-0.2, -0.15) is 5.10 Å². The van der Waals surface area contributed by atoms with E-state index in [4.69, 9.17) is 0 Å². The molecule has 3 rings (SSSR count). The van der Waals surface area contributed by atoms with E-state index < -0.39 is 0 Å². The predicted molar refractivity (Wildman–Crippen MR) is 103 cm³/mol. The molecule has 0 aromatic carbocycles. The van der Waals surface area contributed by atoms with Crippen LogP contribution in [0.4, 0.5) is 0 Å². The van der Waals surface area contributed by atoms with Gasteiger partial charge in [-0.3, -0.25) is 14.3 Å². The third kappa shape index (κ3) is 4.76. The molecular weight excluding hydrogens is 354 g/mol. The minimum atomic E-state index is -0.0333. The molecule has 1 aromatic rings. The molecule has 1 unspecified atom stereocenters. The molecule has 0 spiro atoms. The first-order chi connectivity index (χ1) is 11.9. The summed E-state index contributed by atoms with van der Waals surface area (Å²) in [6.07, 6.45) is 2.26. The van der Waals surface area contributed by atoms with Crippen molar-refractivity contribution in [1.29, 1.82) is 0 Å². The standard InChI is InChI=1S/C18H29N5O2.ClH/c1-14-5-4-6-22(12-14)17(24)13-23-15(2)11-16(19-23)18(25)21-9-7-20(3)8-10-21;/h11,14H,4-10,12-13H2,1-3H3;1H. The van der Waals surface area contributed by atoms with Crippen molar-refractivity contribution in [2.75, 3.05) is 46.3 Å². The summed E-state index contributed by atoms with van der Waals surface area (Å²) in [6.45, 7) is 9.19. The lowest BCUT2D eigenvalue weighted by Crippen LogP contribution is -2.47. The number of aryl methyl sites for hydroxylation is 1. The zero-order valence-corrected chi connectivity index (χ0v) is 16.8. The average molecular weight is 384 g/mol. The number of hydrogen-bond acceptors (Lipinski definition) is 4. The van der Waals surface area contributed by atoms with E-state index in [0.29, 0.717) is 11.6 Å². The van der Waals surface area contributed by atoms with E-state index in [1.807, 2.05) is 16.7 Å². The molecule has 3 heterocycles. The third-order valence-electron chi connectivity index (χ3n) is 5.29. The number of piperazine rings is 1. The SMILES string of the molecule is Cc1cc(C(=O)N2CCN(C)CC2)nn1CC(=O)N1CCCC(C)C1.Cl. The van der Waals surface area contributed by atoms with Crippen molar-refractivity contribution in [3.05, 3.63) is 17.5 Å². The fourth-order valence-electron chi connectivity index (χ4n) is 3.59. The highest BCUT2D eigenvalue weighted by Crippen LogP contribution is 2.16. The molecule has 146 valence electrons. The van der Waals surface area contributed by atoms with Gasteiger partial charge in [-0.15, -0.1) is 12.4 Å². The van der Waals surface area contributed by atoms with Crippen LogP contribution in [0.5, 0.6) is 0 Å². The Labute approximate surface area is 161 Å². The van der Waals surface area contributed by atoms with Crippen LogP contribution in [0.2, 0.25) is 0 Å². The van der Waals surface area contributed by atoms with Crippen LogP contribution in [-0.4, -0.2) is 82.6 Å². The van der Waals surface area contributed by atoms with Gasteiger partial charge < -0.3 is 14.7 Å². The van der Waals surface area contributed by atoms with Crippen molar-refractivity contribution in [2.24, 2.45) is 5.92 Å². The first kappa shape index (κ1) is 20.7. The summed E-state index contributed by atoms with van der Waals surface area (Å²) in [4.78, 5) is 31.2. The summed E-state index contributed by atoms with van der Waals surface area (Å²) in [5.41, 5.74) is 1.30. The van der Waals surface area contributed by atoms with Gasteiger partial charge in [0.25, 0.3) is 5.91 Å². The first-order valence-corrected chi connectivity index (χ1v) is 9.24. The van der Waals surface area contributed by atoms with Crippen LogP contribution < -0.4 is 0 Å². The average Bonchev–Trinajstić information content (AvgIpc) is 2.95. The van der Waals surface area contributed by atoms with E-state index in [1.54, 1.807) is 10.7 Å². The second-order valence-electron chi connectivity index (χ2n) is 7.51. The monoisotopic (exact) mass is 383 g/mol. The van der Waals surface area contributed by atoms with E-state index in [-0.39, 0.29) is 30.8 Å². The third-order valence-corrected chi connectivity index (χ3v) is 5.29. The number of aromatic nitrogens is 2. The summed E-state index contributed by atoms with van der Waals surface area (Å²) in [7, 11) is 2.06. The number of hydrogen-bond donors (Lipinski definition) is 0. The number of amides is 2.